The topological polar surface area (TPSA) is 129 Å². The van der Waals surface area contributed by atoms with Gasteiger partial charge in [0.2, 0.25) is 0 Å². The fourth-order valence-electron chi connectivity index (χ4n) is 4.85. The Kier molecular flexibility index (Phi) is 8.94. The molecular weight excluding hydrogens is 544 g/mol. The zero-order valence-corrected chi connectivity index (χ0v) is 23.3. The number of pyridine rings is 1. The summed E-state index contributed by atoms with van der Waals surface area (Å²) in [6.07, 6.45) is 3.87. The molecule has 0 saturated carbocycles. The third-order valence-electron chi connectivity index (χ3n) is 7.10. The van der Waals surface area contributed by atoms with E-state index in [1.54, 1.807) is 19.3 Å². The van der Waals surface area contributed by atoms with Crippen LogP contribution in [0.5, 0.6) is 0 Å². The highest BCUT2D eigenvalue weighted by molar-refractivity contribution is 5.89. The van der Waals surface area contributed by atoms with E-state index >= 15 is 0 Å². The Labute approximate surface area is 240 Å². The summed E-state index contributed by atoms with van der Waals surface area (Å²) in [6.45, 7) is 7.86. The smallest absolute Gasteiger partial charge is 0.335 e. The minimum Gasteiger partial charge on any atom is -0.478 e. The van der Waals surface area contributed by atoms with E-state index in [2.05, 4.69) is 30.2 Å². The van der Waals surface area contributed by atoms with Crippen LogP contribution in [0.2, 0.25) is 0 Å². The monoisotopic (exact) mass is 575 g/mol. The highest BCUT2D eigenvalue weighted by atomic mass is 19.1. The first-order chi connectivity index (χ1) is 20.3. The molecule has 10 nitrogen and oxygen atoms in total. The van der Waals surface area contributed by atoms with Gasteiger partial charge < -0.3 is 20.1 Å². The number of aromatic amines is 1. The number of morpholine rings is 1. The van der Waals surface area contributed by atoms with Gasteiger partial charge in [0.15, 0.2) is 11.5 Å². The number of hydrogen-bond donors (Lipinski definition) is 3. The third kappa shape index (κ3) is 6.84. The molecule has 3 N–H and O–H groups in total. The van der Waals surface area contributed by atoms with E-state index in [1.165, 1.54) is 24.5 Å². The van der Waals surface area contributed by atoms with Crippen molar-refractivity contribution in [3.05, 3.63) is 89.3 Å². The summed E-state index contributed by atoms with van der Waals surface area (Å²) < 4.78 is 31.8. The molecule has 3 aromatic heterocycles. The van der Waals surface area contributed by atoms with Gasteiger partial charge in [-0.25, -0.2) is 28.5 Å². The molecule has 4 heterocycles. The van der Waals surface area contributed by atoms with Gasteiger partial charge >= 0.3 is 5.97 Å². The van der Waals surface area contributed by atoms with E-state index in [0.29, 0.717) is 17.0 Å². The second kappa shape index (κ2) is 13.0. The number of aromatic nitrogens is 5. The number of aryl methyl sites for hydroxylation is 1. The van der Waals surface area contributed by atoms with Crippen LogP contribution in [0.25, 0.3) is 21.9 Å². The average Bonchev–Trinajstić information content (AvgIpc) is 3.46. The summed E-state index contributed by atoms with van der Waals surface area (Å²) in [4.78, 5) is 33.5. The number of nitrogens with zero attached hydrogens (tertiary/aromatic N) is 5. The summed E-state index contributed by atoms with van der Waals surface area (Å²) in [5.41, 5.74) is 3.74. The average molecular weight is 576 g/mol. The lowest BCUT2D eigenvalue weighted by Crippen LogP contribution is -2.37. The fraction of sp³-hybridized carbons (Fsp3) is 0.300. The van der Waals surface area contributed by atoms with Crippen molar-refractivity contribution in [3.8, 4) is 0 Å². The first-order valence-electron chi connectivity index (χ1n) is 13.6. The number of nitrogens with one attached hydrogen (secondary N) is 2. The van der Waals surface area contributed by atoms with Crippen LogP contribution in [0.4, 0.5) is 14.6 Å². The number of ether oxygens (including phenoxy) is 1. The molecule has 0 aliphatic carbocycles. The molecule has 1 fully saturated rings. The van der Waals surface area contributed by atoms with Crippen molar-refractivity contribution in [3.63, 3.8) is 0 Å². The van der Waals surface area contributed by atoms with Crippen molar-refractivity contribution in [1.82, 2.24) is 29.8 Å². The number of benzene rings is 2. The van der Waals surface area contributed by atoms with Crippen molar-refractivity contribution in [2.45, 2.75) is 26.3 Å². The molecule has 5 aromatic rings. The van der Waals surface area contributed by atoms with E-state index in [9.17, 15) is 13.6 Å². The van der Waals surface area contributed by atoms with Crippen molar-refractivity contribution in [2.24, 2.45) is 0 Å². The lowest BCUT2D eigenvalue weighted by atomic mass is 10.0. The zero-order chi connectivity index (χ0) is 29.6. The zero-order valence-electron chi connectivity index (χ0n) is 23.3. The van der Waals surface area contributed by atoms with Crippen LogP contribution < -0.4 is 5.32 Å². The van der Waals surface area contributed by atoms with Gasteiger partial charge in [0, 0.05) is 37.1 Å². The van der Waals surface area contributed by atoms with Crippen molar-refractivity contribution in [1.29, 1.82) is 0 Å². The molecule has 12 heteroatoms. The van der Waals surface area contributed by atoms with Crippen LogP contribution in [0.1, 0.15) is 40.3 Å². The Hall–Kier alpha value is -4.55. The van der Waals surface area contributed by atoms with Gasteiger partial charge in [-0.1, -0.05) is 0 Å². The number of hydrogen-bond acceptors (Lipinski definition) is 8. The maximum absolute atomic E-state index is 14.0. The Morgan fingerprint density at radius 1 is 1.10 bits per heavy atom. The molecule has 42 heavy (non-hydrogen) atoms. The van der Waals surface area contributed by atoms with Gasteiger partial charge in [-0.3, -0.25) is 9.88 Å². The molecule has 218 valence electrons. The molecule has 0 bridgehead atoms. The van der Waals surface area contributed by atoms with Crippen LogP contribution in [0, 0.1) is 18.6 Å². The number of rotatable bonds is 7. The van der Waals surface area contributed by atoms with E-state index < -0.39 is 11.8 Å². The minimum atomic E-state index is -1.03. The van der Waals surface area contributed by atoms with Gasteiger partial charge in [0.25, 0.3) is 0 Å². The van der Waals surface area contributed by atoms with Gasteiger partial charge in [0.1, 0.15) is 23.5 Å². The number of anilines is 1. The molecule has 6 rings (SSSR count). The highest BCUT2D eigenvalue weighted by Gasteiger charge is 2.17. The van der Waals surface area contributed by atoms with E-state index in [1.807, 2.05) is 19.1 Å². The van der Waals surface area contributed by atoms with Gasteiger partial charge in [0.05, 0.1) is 36.8 Å². The fourth-order valence-corrected chi connectivity index (χ4v) is 4.85. The summed E-state index contributed by atoms with van der Waals surface area (Å²) >= 11 is 0. The molecule has 0 spiro atoms. The second-order valence-corrected chi connectivity index (χ2v) is 10.0. The predicted octanol–water partition coefficient (Wildman–Crippen LogP) is 4.92. The van der Waals surface area contributed by atoms with Gasteiger partial charge in [-0.15, -0.1) is 0 Å². The minimum absolute atomic E-state index is 0.142. The largest absolute Gasteiger partial charge is 0.478 e. The summed E-state index contributed by atoms with van der Waals surface area (Å²) in [5, 5.41) is 13.8. The van der Waals surface area contributed by atoms with Crippen LogP contribution in [0.15, 0.2) is 55.1 Å². The van der Waals surface area contributed by atoms with E-state index in [-0.39, 0.29) is 17.4 Å². The van der Waals surface area contributed by atoms with Crippen molar-refractivity contribution < 1.29 is 23.4 Å². The molecule has 1 saturated heterocycles. The molecular formula is C30H31F2N7O3. The summed E-state index contributed by atoms with van der Waals surface area (Å²) in [5.74, 6) is -1.03. The van der Waals surface area contributed by atoms with Gasteiger partial charge in [-0.05, 0) is 67.3 Å². The van der Waals surface area contributed by atoms with E-state index in [4.69, 9.17) is 14.8 Å². The lowest BCUT2D eigenvalue weighted by Gasteiger charge is -2.26. The SMILES string of the molecule is C[C@H](Nc1ncnc2nc[nH]c12)c1cc2cc(F)ccc2c(CCN2CCOCC2)n1.Cc1cc(F)ccc1C(=O)O. The number of aromatic carboxylic acids is 1. The summed E-state index contributed by atoms with van der Waals surface area (Å²) in [7, 11) is 0. The molecule has 1 aliphatic heterocycles. The maximum atomic E-state index is 14.0. The molecule has 2 aromatic carbocycles. The molecule has 1 aliphatic rings. The Morgan fingerprint density at radius 3 is 2.62 bits per heavy atom. The standard InChI is InChI=1S/C22H24FN7O.C8H7FO2/c1-14(28-22-20-21(25-12-24-20)26-13-27-22)19-11-15-10-16(23)2-3-17(15)18(29-19)4-5-30-6-8-31-9-7-30;1-5-4-6(9)2-3-7(5)8(10)11/h2-3,10-14H,4-9H2,1H3,(H2,24,25,26,27,28);2-4H,1H3,(H,10,11)/t14-;/m0./s1. The first-order valence-corrected chi connectivity index (χ1v) is 13.6. The van der Waals surface area contributed by atoms with Crippen LogP contribution in [0.3, 0.4) is 0 Å². The molecule has 0 unspecified atom stereocenters. The quantitative estimate of drug-likeness (QED) is 0.248. The maximum Gasteiger partial charge on any atom is 0.335 e. The molecule has 0 radical (unpaired) electrons. The second-order valence-electron chi connectivity index (χ2n) is 10.0. The Balaban J connectivity index is 0.000000271. The number of fused-ring (bicyclic) bond motifs is 2. The van der Waals surface area contributed by atoms with Gasteiger partial charge in [-0.2, -0.15) is 0 Å². The van der Waals surface area contributed by atoms with Crippen LogP contribution >= 0.6 is 0 Å². The number of imidazole rings is 1. The first kappa shape index (κ1) is 29.0. The Morgan fingerprint density at radius 2 is 1.86 bits per heavy atom. The number of H-pyrrole nitrogens is 1. The van der Waals surface area contributed by atoms with Crippen LogP contribution in [-0.2, 0) is 11.2 Å². The predicted molar refractivity (Wildman–Crippen MR) is 154 cm³/mol. The number of carbonyl (C=O) groups is 1. The van der Waals surface area contributed by atoms with Crippen LogP contribution in [-0.4, -0.2) is 73.7 Å². The summed E-state index contributed by atoms with van der Waals surface area (Å²) in [6, 6.07) is 10.3. The number of carboxylic acid groups (broad SMARTS) is 1. The third-order valence-corrected chi connectivity index (χ3v) is 7.10. The van der Waals surface area contributed by atoms with Crippen molar-refractivity contribution in [2.75, 3.05) is 38.2 Å². The number of carboxylic acids is 1. The highest BCUT2D eigenvalue weighted by Crippen LogP contribution is 2.26. The number of halogens is 2. The van der Waals surface area contributed by atoms with E-state index in [0.717, 1.165) is 73.0 Å². The molecule has 0 amide bonds. The normalized spacial score (nSPS) is 14.4. The van der Waals surface area contributed by atoms with Crippen molar-refractivity contribution >= 4 is 33.7 Å². The Bertz CT molecular complexity index is 1710. The molecule has 1 atom stereocenters. The lowest BCUT2D eigenvalue weighted by molar-refractivity contribution is 0.0384.